The van der Waals surface area contributed by atoms with E-state index in [4.69, 9.17) is 14.5 Å². The Bertz CT molecular complexity index is 1160. The summed E-state index contributed by atoms with van der Waals surface area (Å²) in [6, 6.07) is 11.3. The zero-order valence-corrected chi connectivity index (χ0v) is 18.7. The SMILES string of the molecule is Cc1noc(C)c1COc1ccc(S(=O)(=O)N(CC(C)C)c2ccc(C#N)cn2)cc1. The largest absolute Gasteiger partial charge is 0.489 e. The molecule has 3 rings (SSSR count). The monoisotopic (exact) mass is 440 g/mol. The van der Waals surface area contributed by atoms with Gasteiger partial charge >= 0.3 is 0 Å². The minimum Gasteiger partial charge on any atom is -0.489 e. The number of aryl methyl sites for hydroxylation is 2. The van der Waals surface area contributed by atoms with Gasteiger partial charge in [-0.3, -0.25) is 0 Å². The number of rotatable bonds is 8. The molecule has 0 radical (unpaired) electrons. The van der Waals surface area contributed by atoms with Crippen molar-refractivity contribution in [2.24, 2.45) is 5.92 Å². The average Bonchev–Trinajstić information content (AvgIpc) is 3.08. The lowest BCUT2D eigenvalue weighted by Crippen LogP contribution is -2.35. The number of pyridine rings is 1. The first kappa shape index (κ1) is 22.3. The topological polar surface area (TPSA) is 109 Å². The molecule has 0 atom stereocenters. The molecule has 0 aliphatic carbocycles. The Morgan fingerprint density at radius 2 is 1.87 bits per heavy atom. The average molecular weight is 441 g/mol. The maximum Gasteiger partial charge on any atom is 0.265 e. The Morgan fingerprint density at radius 3 is 2.39 bits per heavy atom. The van der Waals surface area contributed by atoms with Gasteiger partial charge in [0.25, 0.3) is 10.0 Å². The van der Waals surface area contributed by atoms with Crippen molar-refractivity contribution < 1.29 is 17.7 Å². The zero-order valence-electron chi connectivity index (χ0n) is 17.9. The van der Waals surface area contributed by atoms with Crippen molar-refractivity contribution in [2.75, 3.05) is 10.8 Å². The third-order valence-corrected chi connectivity index (χ3v) is 6.42. The Kier molecular flexibility index (Phi) is 6.61. The molecule has 31 heavy (non-hydrogen) atoms. The molecule has 162 valence electrons. The Labute approximate surface area is 182 Å². The lowest BCUT2D eigenvalue weighted by molar-refractivity contribution is 0.301. The van der Waals surface area contributed by atoms with E-state index < -0.39 is 10.0 Å². The lowest BCUT2D eigenvalue weighted by Gasteiger charge is -2.25. The Hall–Kier alpha value is -3.38. The van der Waals surface area contributed by atoms with Gasteiger partial charge in [-0.1, -0.05) is 19.0 Å². The lowest BCUT2D eigenvalue weighted by atomic mass is 10.2. The van der Waals surface area contributed by atoms with E-state index in [9.17, 15) is 8.42 Å². The van der Waals surface area contributed by atoms with Crippen molar-refractivity contribution in [2.45, 2.75) is 39.2 Å². The van der Waals surface area contributed by atoms with Crippen LogP contribution in [-0.4, -0.2) is 25.1 Å². The molecule has 0 fully saturated rings. The zero-order chi connectivity index (χ0) is 22.6. The van der Waals surface area contributed by atoms with Gasteiger partial charge in [0.05, 0.1) is 21.7 Å². The summed E-state index contributed by atoms with van der Waals surface area (Å²) in [4.78, 5) is 4.30. The van der Waals surface area contributed by atoms with E-state index >= 15 is 0 Å². The molecule has 1 aromatic carbocycles. The van der Waals surface area contributed by atoms with Crippen LogP contribution in [0.1, 0.15) is 36.4 Å². The minimum absolute atomic E-state index is 0.0740. The highest BCUT2D eigenvalue weighted by Gasteiger charge is 2.26. The molecule has 3 aromatic rings. The quantitative estimate of drug-likeness (QED) is 0.521. The van der Waals surface area contributed by atoms with Crippen molar-refractivity contribution in [1.82, 2.24) is 10.1 Å². The van der Waals surface area contributed by atoms with Crippen molar-refractivity contribution in [1.29, 1.82) is 5.26 Å². The van der Waals surface area contributed by atoms with Gasteiger partial charge in [-0.15, -0.1) is 0 Å². The van der Waals surface area contributed by atoms with Crippen molar-refractivity contribution in [3.8, 4) is 11.8 Å². The van der Waals surface area contributed by atoms with Gasteiger partial charge in [0.1, 0.15) is 30.0 Å². The summed E-state index contributed by atoms with van der Waals surface area (Å²) in [5.41, 5.74) is 1.99. The summed E-state index contributed by atoms with van der Waals surface area (Å²) in [5.74, 6) is 1.57. The van der Waals surface area contributed by atoms with Gasteiger partial charge < -0.3 is 9.26 Å². The third kappa shape index (κ3) is 5.03. The summed E-state index contributed by atoms with van der Waals surface area (Å²) < 4.78 is 38.8. The van der Waals surface area contributed by atoms with E-state index in [0.29, 0.717) is 17.1 Å². The van der Waals surface area contributed by atoms with Gasteiger partial charge in [-0.25, -0.2) is 17.7 Å². The smallest absolute Gasteiger partial charge is 0.265 e. The van der Waals surface area contributed by atoms with E-state index in [0.717, 1.165) is 11.3 Å². The van der Waals surface area contributed by atoms with Crippen LogP contribution in [0.3, 0.4) is 0 Å². The van der Waals surface area contributed by atoms with Crippen molar-refractivity contribution >= 4 is 15.8 Å². The number of benzene rings is 1. The highest BCUT2D eigenvalue weighted by Crippen LogP contribution is 2.26. The first-order valence-corrected chi connectivity index (χ1v) is 11.2. The number of aromatic nitrogens is 2. The van der Waals surface area contributed by atoms with Crippen LogP contribution in [0.15, 0.2) is 52.0 Å². The predicted octanol–water partition coefficient (Wildman–Crippen LogP) is 3.99. The van der Waals surface area contributed by atoms with Gasteiger partial charge in [0.15, 0.2) is 0 Å². The van der Waals surface area contributed by atoms with Crippen molar-refractivity contribution in [3.05, 3.63) is 65.2 Å². The van der Waals surface area contributed by atoms with Crippen LogP contribution < -0.4 is 9.04 Å². The number of hydrogen-bond acceptors (Lipinski definition) is 7. The van der Waals surface area contributed by atoms with E-state index in [1.165, 1.54) is 22.6 Å². The number of sulfonamides is 1. The molecule has 0 bridgehead atoms. The maximum atomic E-state index is 13.3. The summed E-state index contributed by atoms with van der Waals surface area (Å²) >= 11 is 0. The number of ether oxygens (including phenoxy) is 1. The van der Waals surface area contributed by atoms with E-state index in [1.54, 1.807) is 24.3 Å². The molecule has 0 aliphatic rings. The standard InChI is InChI=1S/C22H24N4O4S/c1-15(2)13-26(22-10-5-18(11-23)12-24-22)31(27,28)20-8-6-19(7-9-20)29-14-21-16(3)25-30-17(21)4/h5-10,12,15H,13-14H2,1-4H3. The van der Waals surface area contributed by atoms with Gasteiger partial charge in [-0.2, -0.15) is 5.26 Å². The second kappa shape index (κ2) is 9.18. The second-order valence-electron chi connectivity index (χ2n) is 7.51. The fraction of sp³-hybridized carbons (Fsp3) is 0.318. The number of hydrogen-bond donors (Lipinski definition) is 0. The van der Waals surface area contributed by atoms with Gasteiger partial charge in [0.2, 0.25) is 0 Å². The molecule has 9 heteroatoms. The van der Waals surface area contributed by atoms with E-state index in [1.807, 2.05) is 33.8 Å². The van der Waals surface area contributed by atoms with E-state index in [2.05, 4.69) is 10.1 Å². The predicted molar refractivity (Wildman–Crippen MR) is 115 cm³/mol. The molecule has 0 unspecified atom stereocenters. The molecule has 0 amide bonds. The normalized spacial score (nSPS) is 11.4. The molecule has 0 N–H and O–H groups in total. The Balaban J connectivity index is 1.83. The summed E-state index contributed by atoms with van der Waals surface area (Å²) in [5, 5.41) is 12.9. The molecule has 0 aliphatic heterocycles. The second-order valence-corrected chi connectivity index (χ2v) is 9.37. The number of anilines is 1. The maximum absolute atomic E-state index is 13.3. The van der Waals surface area contributed by atoms with Crippen LogP contribution >= 0.6 is 0 Å². The number of nitrogens with zero attached hydrogens (tertiary/aromatic N) is 4. The van der Waals surface area contributed by atoms with Gasteiger partial charge in [-0.05, 0) is 56.2 Å². The summed E-state index contributed by atoms with van der Waals surface area (Å²) in [7, 11) is -3.85. The first-order chi connectivity index (χ1) is 14.7. The van der Waals surface area contributed by atoms with Crippen LogP contribution in [0.25, 0.3) is 0 Å². The van der Waals surface area contributed by atoms with Gasteiger partial charge in [0, 0.05) is 12.7 Å². The van der Waals surface area contributed by atoms with Crippen LogP contribution in [0.5, 0.6) is 5.75 Å². The highest BCUT2D eigenvalue weighted by molar-refractivity contribution is 7.92. The molecular weight excluding hydrogens is 416 g/mol. The summed E-state index contributed by atoms with van der Waals surface area (Å²) in [6.07, 6.45) is 1.36. The molecule has 0 saturated heterocycles. The fourth-order valence-electron chi connectivity index (χ4n) is 2.94. The first-order valence-electron chi connectivity index (χ1n) is 9.76. The molecule has 0 spiro atoms. The Morgan fingerprint density at radius 1 is 1.16 bits per heavy atom. The third-order valence-electron chi connectivity index (χ3n) is 4.64. The van der Waals surface area contributed by atoms with Crippen LogP contribution in [0, 0.1) is 31.1 Å². The van der Waals surface area contributed by atoms with E-state index in [-0.39, 0.29) is 29.8 Å². The summed E-state index contributed by atoms with van der Waals surface area (Å²) in [6.45, 7) is 8.04. The van der Waals surface area contributed by atoms with Crippen LogP contribution in [0.4, 0.5) is 5.82 Å². The molecular formula is C22H24N4O4S. The fourth-order valence-corrected chi connectivity index (χ4v) is 4.53. The molecule has 2 heterocycles. The molecule has 8 nitrogen and oxygen atoms in total. The molecule has 0 saturated carbocycles. The van der Waals surface area contributed by atoms with Crippen LogP contribution in [-0.2, 0) is 16.6 Å². The number of nitriles is 1. The molecule has 2 aromatic heterocycles. The van der Waals surface area contributed by atoms with Crippen LogP contribution in [0.2, 0.25) is 0 Å². The highest BCUT2D eigenvalue weighted by atomic mass is 32.2. The minimum atomic E-state index is -3.85. The van der Waals surface area contributed by atoms with Crippen molar-refractivity contribution in [3.63, 3.8) is 0 Å².